The number of imidazole rings is 1. The molecule has 0 spiro atoms. The van der Waals surface area contributed by atoms with Gasteiger partial charge in [0.05, 0.1) is 12.1 Å². The number of amides is 1. The predicted molar refractivity (Wildman–Crippen MR) is 69.1 cm³/mol. The Balaban J connectivity index is 1.74. The SMILES string of the molecule is O=C(O)[C@@H]1CCCN1C(=O)Cc1cn2ccsc2n1. The molecule has 6 nitrogen and oxygen atoms in total. The predicted octanol–water partition coefficient (Wildman–Crippen LogP) is 1.01. The zero-order valence-corrected chi connectivity index (χ0v) is 11.0. The van der Waals surface area contributed by atoms with Crippen LogP contribution in [0, 0.1) is 0 Å². The molecule has 1 N–H and O–H groups in total. The number of carboxylic acid groups (broad SMARTS) is 1. The van der Waals surface area contributed by atoms with Crippen LogP contribution in [-0.4, -0.2) is 43.9 Å². The van der Waals surface area contributed by atoms with Crippen molar-refractivity contribution in [3.63, 3.8) is 0 Å². The normalized spacial score (nSPS) is 19.2. The minimum Gasteiger partial charge on any atom is -0.480 e. The Hall–Kier alpha value is -1.89. The average Bonchev–Trinajstić information content (AvgIpc) is 3.01. The van der Waals surface area contributed by atoms with Gasteiger partial charge in [-0.15, -0.1) is 11.3 Å². The number of rotatable bonds is 3. The minimum absolute atomic E-state index is 0.157. The van der Waals surface area contributed by atoms with Crippen LogP contribution in [0.3, 0.4) is 0 Å². The van der Waals surface area contributed by atoms with Crippen molar-refractivity contribution in [2.24, 2.45) is 0 Å². The topological polar surface area (TPSA) is 74.9 Å². The third-order valence-corrected chi connectivity index (χ3v) is 4.10. The number of thiazole rings is 1. The lowest BCUT2D eigenvalue weighted by Gasteiger charge is -2.20. The third kappa shape index (κ3) is 2.21. The molecule has 0 radical (unpaired) electrons. The van der Waals surface area contributed by atoms with Crippen molar-refractivity contribution < 1.29 is 14.7 Å². The van der Waals surface area contributed by atoms with Crippen LogP contribution in [0.15, 0.2) is 17.8 Å². The highest BCUT2D eigenvalue weighted by Gasteiger charge is 2.33. The van der Waals surface area contributed by atoms with Crippen LogP contribution in [0.1, 0.15) is 18.5 Å². The van der Waals surface area contributed by atoms with Crippen LogP contribution in [-0.2, 0) is 16.0 Å². The zero-order valence-electron chi connectivity index (χ0n) is 10.2. The molecule has 0 unspecified atom stereocenters. The van der Waals surface area contributed by atoms with Gasteiger partial charge < -0.3 is 10.0 Å². The molecular formula is C12H13N3O3S. The molecule has 1 amide bonds. The lowest BCUT2D eigenvalue weighted by Crippen LogP contribution is -2.41. The van der Waals surface area contributed by atoms with Gasteiger partial charge in [0.1, 0.15) is 6.04 Å². The maximum absolute atomic E-state index is 12.1. The quantitative estimate of drug-likeness (QED) is 0.910. The molecule has 1 fully saturated rings. The number of aromatic nitrogens is 2. The lowest BCUT2D eigenvalue weighted by atomic mass is 10.2. The summed E-state index contributed by atoms with van der Waals surface area (Å²) in [7, 11) is 0. The molecule has 2 aromatic heterocycles. The molecule has 100 valence electrons. The summed E-state index contributed by atoms with van der Waals surface area (Å²) in [6.45, 7) is 0.526. The van der Waals surface area contributed by atoms with Crippen molar-refractivity contribution in [1.29, 1.82) is 0 Å². The number of carbonyl (C=O) groups excluding carboxylic acids is 1. The number of nitrogens with zero attached hydrogens (tertiary/aromatic N) is 3. The number of carbonyl (C=O) groups is 2. The van der Waals surface area contributed by atoms with Gasteiger partial charge in [0, 0.05) is 24.3 Å². The summed E-state index contributed by atoms with van der Waals surface area (Å²) in [5.41, 5.74) is 0.688. The molecule has 3 heterocycles. The summed E-state index contributed by atoms with van der Waals surface area (Å²) in [6, 6.07) is -0.670. The van der Waals surface area contributed by atoms with E-state index in [2.05, 4.69) is 4.98 Å². The monoisotopic (exact) mass is 279 g/mol. The first-order valence-corrected chi connectivity index (χ1v) is 6.96. The fraction of sp³-hybridized carbons (Fsp3) is 0.417. The Morgan fingerprint density at radius 2 is 2.37 bits per heavy atom. The van der Waals surface area contributed by atoms with E-state index in [1.165, 1.54) is 16.2 Å². The largest absolute Gasteiger partial charge is 0.480 e. The van der Waals surface area contributed by atoms with E-state index in [1.54, 1.807) is 0 Å². The molecule has 1 aliphatic rings. The van der Waals surface area contributed by atoms with Gasteiger partial charge in [0.2, 0.25) is 5.91 Å². The van der Waals surface area contributed by atoms with E-state index in [9.17, 15) is 9.59 Å². The van der Waals surface area contributed by atoms with Gasteiger partial charge in [-0.2, -0.15) is 0 Å². The molecule has 1 saturated heterocycles. The fourth-order valence-electron chi connectivity index (χ4n) is 2.44. The van der Waals surface area contributed by atoms with Gasteiger partial charge in [0.25, 0.3) is 0 Å². The lowest BCUT2D eigenvalue weighted by molar-refractivity contribution is -0.148. The molecule has 7 heteroatoms. The number of carboxylic acids is 1. The van der Waals surface area contributed by atoms with Crippen LogP contribution in [0.5, 0.6) is 0 Å². The second-order valence-electron chi connectivity index (χ2n) is 4.59. The number of hydrogen-bond donors (Lipinski definition) is 1. The van der Waals surface area contributed by atoms with Crippen molar-refractivity contribution in [3.05, 3.63) is 23.5 Å². The highest BCUT2D eigenvalue weighted by Crippen LogP contribution is 2.19. The zero-order chi connectivity index (χ0) is 13.4. The van der Waals surface area contributed by atoms with Crippen LogP contribution in [0.25, 0.3) is 4.96 Å². The number of hydrogen-bond acceptors (Lipinski definition) is 4. The summed E-state index contributed by atoms with van der Waals surface area (Å²) < 4.78 is 1.87. The Morgan fingerprint density at radius 3 is 3.11 bits per heavy atom. The molecule has 0 saturated carbocycles. The van der Waals surface area contributed by atoms with E-state index < -0.39 is 12.0 Å². The second kappa shape index (κ2) is 4.65. The third-order valence-electron chi connectivity index (χ3n) is 3.33. The molecule has 19 heavy (non-hydrogen) atoms. The van der Waals surface area contributed by atoms with Crippen molar-refractivity contribution in [2.45, 2.75) is 25.3 Å². The second-order valence-corrected chi connectivity index (χ2v) is 5.46. The molecule has 0 bridgehead atoms. The molecule has 1 atom stereocenters. The summed E-state index contributed by atoms with van der Waals surface area (Å²) in [6.07, 6.45) is 5.16. The van der Waals surface area contributed by atoms with E-state index in [1.807, 2.05) is 22.2 Å². The van der Waals surface area contributed by atoms with Gasteiger partial charge in [-0.1, -0.05) is 0 Å². The molecular weight excluding hydrogens is 266 g/mol. The van der Waals surface area contributed by atoms with E-state index >= 15 is 0 Å². The van der Waals surface area contributed by atoms with Crippen LogP contribution >= 0.6 is 11.3 Å². The van der Waals surface area contributed by atoms with E-state index in [0.717, 1.165) is 11.4 Å². The Bertz CT molecular complexity index is 604. The molecule has 2 aromatic rings. The minimum atomic E-state index is -0.920. The summed E-state index contributed by atoms with van der Waals surface area (Å²) in [4.78, 5) is 29.8. The smallest absolute Gasteiger partial charge is 0.326 e. The van der Waals surface area contributed by atoms with Gasteiger partial charge in [-0.25, -0.2) is 9.78 Å². The molecule has 3 rings (SSSR count). The Kier molecular flexibility index (Phi) is 2.98. The van der Waals surface area contributed by atoms with Gasteiger partial charge in [-0.05, 0) is 12.8 Å². The first-order valence-electron chi connectivity index (χ1n) is 6.08. The molecule has 0 aromatic carbocycles. The Morgan fingerprint density at radius 1 is 1.53 bits per heavy atom. The number of aliphatic carboxylic acids is 1. The van der Waals surface area contributed by atoms with Gasteiger partial charge >= 0.3 is 5.97 Å². The molecule has 0 aliphatic carbocycles. The first-order chi connectivity index (χ1) is 9.15. The van der Waals surface area contributed by atoms with Crippen molar-refractivity contribution in [3.8, 4) is 0 Å². The number of likely N-dealkylation sites (tertiary alicyclic amines) is 1. The standard InChI is InChI=1S/C12H13N3O3S/c16-10(15-3-1-2-9(15)11(17)18)6-8-7-14-4-5-19-12(14)13-8/h4-5,7,9H,1-3,6H2,(H,17,18)/t9-/m0/s1. The summed E-state index contributed by atoms with van der Waals surface area (Å²) in [5, 5.41) is 11.0. The van der Waals surface area contributed by atoms with Crippen molar-refractivity contribution >= 4 is 28.2 Å². The summed E-state index contributed by atoms with van der Waals surface area (Å²) in [5.74, 6) is -1.08. The maximum atomic E-state index is 12.1. The summed E-state index contributed by atoms with van der Waals surface area (Å²) >= 11 is 1.51. The maximum Gasteiger partial charge on any atom is 0.326 e. The van der Waals surface area contributed by atoms with Crippen LogP contribution < -0.4 is 0 Å². The number of fused-ring (bicyclic) bond motifs is 1. The first kappa shape index (κ1) is 12.2. The van der Waals surface area contributed by atoms with Gasteiger partial charge in [0.15, 0.2) is 4.96 Å². The highest BCUT2D eigenvalue weighted by molar-refractivity contribution is 7.15. The van der Waals surface area contributed by atoms with Gasteiger partial charge in [-0.3, -0.25) is 9.20 Å². The fourth-order valence-corrected chi connectivity index (χ4v) is 3.16. The Labute approximate surface area is 113 Å². The van der Waals surface area contributed by atoms with Crippen molar-refractivity contribution in [1.82, 2.24) is 14.3 Å². The van der Waals surface area contributed by atoms with Crippen molar-refractivity contribution in [2.75, 3.05) is 6.54 Å². The van der Waals surface area contributed by atoms with E-state index in [4.69, 9.17) is 5.11 Å². The highest BCUT2D eigenvalue weighted by atomic mass is 32.1. The van der Waals surface area contributed by atoms with E-state index in [0.29, 0.717) is 18.7 Å². The van der Waals surface area contributed by atoms with Crippen LogP contribution in [0.4, 0.5) is 0 Å². The van der Waals surface area contributed by atoms with E-state index in [-0.39, 0.29) is 12.3 Å². The van der Waals surface area contributed by atoms with Crippen LogP contribution in [0.2, 0.25) is 0 Å². The molecule has 1 aliphatic heterocycles. The average molecular weight is 279 g/mol.